The molecular weight excluding hydrogens is 262 g/mol. The van der Waals surface area contributed by atoms with Gasteiger partial charge in [0.15, 0.2) is 5.82 Å². The fourth-order valence-corrected chi connectivity index (χ4v) is 3.13. The minimum absolute atomic E-state index is 0.0475. The molecule has 2 aromatic rings. The van der Waals surface area contributed by atoms with Gasteiger partial charge in [0.05, 0.1) is 6.42 Å². The Morgan fingerprint density at radius 2 is 2.53 bits per heavy atom. The minimum atomic E-state index is -0.0475. The Bertz CT molecular complexity index is 564. The summed E-state index contributed by atoms with van der Waals surface area (Å²) in [6, 6.07) is 3.91. The molecule has 1 unspecified atom stereocenters. The Labute approximate surface area is 115 Å². The molecule has 0 radical (unpaired) electrons. The molecule has 19 heavy (non-hydrogen) atoms. The summed E-state index contributed by atoms with van der Waals surface area (Å²) < 4.78 is 5.21. The molecule has 2 aromatic heterocycles. The van der Waals surface area contributed by atoms with Crippen molar-refractivity contribution in [1.29, 1.82) is 0 Å². The van der Waals surface area contributed by atoms with Gasteiger partial charge in [-0.05, 0) is 31.2 Å². The monoisotopic (exact) mass is 277 g/mol. The molecule has 0 saturated carbocycles. The lowest BCUT2D eigenvalue weighted by Crippen LogP contribution is -2.31. The summed E-state index contributed by atoms with van der Waals surface area (Å²) in [7, 11) is 0. The quantitative estimate of drug-likeness (QED) is 0.864. The Hall–Kier alpha value is -1.69. The smallest absolute Gasteiger partial charge is 0.249 e. The third-order valence-electron chi connectivity index (χ3n) is 3.31. The number of nitrogens with zero attached hydrogens (tertiary/aromatic N) is 3. The number of amides is 1. The van der Waals surface area contributed by atoms with Crippen molar-refractivity contribution in [1.82, 2.24) is 15.0 Å². The summed E-state index contributed by atoms with van der Waals surface area (Å²) in [5.74, 6) is 1.32. The number of aryl methyl sites for hydroxylation is 1. The largest absolute Gasteiger partial charge is 0.337 e. The molecule has 1 atom stereocenters. The summed E-state index contributed by atoms with van der Waals surface area (Å²) in [5.41, 5.74) is 0. The first kappa shape index (κ1) is 12.3. The zero-order valence-electron chi connectivity index (χ0n) is 10.7. The number of thiophene rings is 1. The van der Waals surface area contributed by atoms with E-state index < -0.39 is 0 Å². The van der Waals surface area contributed by atoms with Gasteiger partial charge in [-0.1, -0.05) is 11.2 Å². The predicted molar refractivity (Wildman–Crippen MR) is 70.7 cm³/mol. The first-order chi connectivity index (χ1) is 9.24. The zero-order valence-corrected chi connectivity index (χ0v) is 11.5. The number of rotatable bonds is 3. The van der Waals surface area contributed by atoms with E-state index in [1.165, 1.54) is 0 Å². The van der Waals surface area contributed by atoms with Crippen LogP contribution in [0.3, 0.4) is 0 Å². The Morgan fingerprint density at radius 3 is 3.21 bits per heavy atom. The van der Waals surface area contributed by atoms with Gasteiger partial charge in [0.2, 0.25) is 11.8 Å². The van der Waals surface area contributed by atoms with Gasteiger partial charge in [0.1, 0.15) is 6.04 Å². The number of carbonyl (C=O) groups excluding carboxylic acids is 1. The van der Waals surface area contributed by atoms with Crippen LogP contribution in [0.25, 0.3) is 0 Å². The predicted octanol–water partition coefficient (Wildman–Crippen LogP) is 2.35. The molecule has 1 amide bonds. The van der Waals surface area contributed by atoms with Crippen molar-refractivity contribution in [3.8, 4) is 0 Å². The molecule has 1 aliphatic heterocycles. The van der Waals surface area contributed by atoms with E-state index in [1.54, 1.807) is 18.3 Å². The summed E-state index contributed by atoms with van der Waals surface area (Å²) in [6.45, 7) is 2.57. The highest BCUT2D eigenvalue weighted by Crippen LogP contribution is 2.31. The van der Waals surface area contributed by atoms with E-state index in [1.807, 2.05) is 22.4 Å². The van der Waals surface area contributed by atoms with E-state index in [0.29, 0.717) is 18.1 Å². The molecule has 3 rings (SSSR count). The second-order valence-electron chi connectivity index (χ2n) is 4.68. The highest BCUT2D eigenvalue weighted by atomic mass is 32.1. The maximum atomic E-state index is 12.3. The van der Waals surface area contributed by atoms with Crippen LogP contribution in [-0.4, -0.2) is 27.5 Å². The lowest BCUT2D eigenvalue weighted by atomic mass is 10.2. The van der Waals surface area contributed by atoms with E-state index >= 15 is 0 Å². The zero-order chi connectivity index (χ0) is 13.2. The van der Waals surface area contributed by atoms with Crippen LogP contribution in [0.1, 0.15) is 35.5 Å². The summed E-state index contributed by atoms with van der Waals surface area (Å²) >= 11 is 1.61. The van der Waals surface area contributed by atoms with Gasteiger partial charge in [-0.15, -0.1) is 11.3 Å². The van der Waals surface area contributed by atoms with Crippen molar-refractivity contribution in [2.24, 2.45) is 0 Å². The molecule has 0 N–H and O–H groups in total. The van der Waals surface area contributed by atoms with Crippen molar-refractivity contribution in [2.45, 2.75) is 32.2 Å². The lowest BCUT2D eigenvalue weighted by Gasteiger charge is -2.21. The van der Waals surface area contributed by atoms with Crippen LogP contribution in [-0.2, 0) is 11.2 Å². The molecule has 0 bridgehead atoms. The molecule has 5 nitrogen and oxygen atoms in total. The van der Waals surface area contributed by atoms with Gasteiger partial charge >= 0.3 is 0 Å². The highest BCUT2D eigenvalue weighted by molar-refractivity contribution is 7.10. The topological polar surface area (TPSA) is 59.2 Å². The molecular formula is C13H15N3O2S. The molecule has 100 valence electrons. The molecule has 1 aliphatic rings. The van der Waals surface area contributed by atoms with E-state index in [2.05, 4.69) is 10.1 Å². The molecule has 6 heteroatoms. The normalized spacial score (nSPS) is 19.0. The van der Waals surface area contributed by atoms with Gasteiger partial charge in [0.25, 0.3) is 0 Å². The summed E-state index contributed by atoms with van der Waals surface area (Å²) in [5, 5.41) is 5.80. The van der Waals surface area contributed by atoms with Crippen molar-refractivity contribution in [2.75, 3.05) is 6.54 Å². The van der Waals surface area contributed by atoms with E-state index in [-0.39, 0.29) is 11.9 Å². The van der Waals surface area contributed by atoms with Crippen LogP contribution in [0.4, 0.5) is 0 Å². The first-order valence-electron chi connectivity index (χ1n) is 6.36. The van der Waals surface area contributed by atoms with Gasteiger partial charge in [-0.25, -0.2) is 0 Å². The lowest BCUT2D eigenvalue weighted by molar-refractivity contribution is -0.131. The van der Waals surface area contributed by atoms with Crippen molar-refractivity contribution >= 4 is 17.2 Å². The number of likely N-dealkylation sites (tertiary alicyclic amines) is 1. The maximum absolute atomic E-state index is 12.3. The van der Waals surface area contributed by atoms with E-state index in [4.69, 9.17) is 4.52 Å². The molecule has 1 saturated heterocycles. The van der Waals surface area contributed by atoms with Crippen LogP contribution in [0.2, 0.25) is 0 Å². The number of aromatic nitrogens is 2. The molecule has 0 aromatic carbocycles. The third-order valence-corrected chi connectivity index (χ3v) is 4.18. The Kier molecular flexibility index (Phi) is 3.33. The fourth-order valence-electron chi connectivity index (χ4n) is 2.43. The van der Waals surface area contributed by atoms with Crippen LogP contribution in [0.15, 0.2) is 22.0 Å². The van der Waals surface area contributed by atoms with Gasteiger partial charge in [0, 0.05) is 11.4 Å². The Morgan fingerprint density at radius 1 is 1.63 bits per heavy atom. The third kappa shape index (κ3) is 2.53. The average molecular weight is 277 g/mol. The van der Waals surface area contributed by atoms with Crippen molar-refractivity contribution in [3.05, 3.63) is 34.1 Å². The van der Waals surface area contributed by atoms with E-state index in [9.17, 15) is 4.79 Å². The number of carbonyl (C=O) groups is 1. The molecule has 3 heterocycles. The standard InChI is InChI=1S/C13H15N3O2S/c1-9-14-13(18-15-9)11-5-2-6-16(11)12(17)8-10-4-3-7-19-10/h3-4,7,11H,2,5-6,8H2,1H3. The molecule has 1 fully saturated rings. The number of hydrogen-bond donors (Lipinski definition) is 0. The van der Waals surface area contributed by atoms with Gasteiger partial charge in [-0.2, -0.15) is 4.98 Å². The van der Waals surface area contributed by atoms with Crippen molar-refractivity contribution < 1.29 is 9.32 Å². The van der Waals surface area contributed by atoms with Crippen LogP contribution in [0, 0.1) is 6.92 Å². The average Bonchev–Trinajstić information content (AvgIpc) is 3.07. The maximum Gasteiger partial charge on any atom is 0.249 e. The minimum Gasteiger partial charge on any atom is -0.337 e. The van der Waals surface area contributed by atoms with Crippen LogP contribution < -0.4 is 0 Å². The molecule has 0 spiro atoms. The Balaban J connectivity index is 1.74. The van der Waals surface area contributed by atoms with E-state index in [0.717, 1.165) is 24.3 Å². The second kappa shape index (κ2) is 5.13. The van der Waals surface area contributed by atoms with Gasteiger partial charge < -0.3 is 9.42 Å². The van der Waals surface area contributed by atoms with Gasteiger partial charge in [-0.3, -0.25) is 4.79 Å². The van der Waals surface area contributed by atoms with Crippen molar-refractivity contribution in [3.63, 3.8) is 0 Å². The number of hydrogen-bond acceptors (Lipinski definition) is 5. The molecule has 0 aliphatic carbocycles. The first-order valence-corrected chi connectivity index (χ1v) is 7.24. The van der Waals surface area contributed by atoms with Crippen LogP contribution >= 0.6 is 11.3 Å². The van der Waals surface area contributed by atoms with Crippen LogP contribution in [0.5, 0.6) is 0 Å². The summed E-state index contributed by atoms with van der Waals surface area (Å²) in [6.07, 6.45) is 2.35. The fraction of sp³-hybridized carbons (Fsp3) is 0.462. The SMILES string of the molecule is Cc1noc(C2CCCN2C(=O)Cc2cccs2)n1. The summed E-state index contributed by atoms with van der Waals surface area (Å²) in [4.78, 5) is 19.6. The highest BCUT2D eigenvalue weighted by Gasteiger charge is 2.33. The second-order valence-corrected chi connectivity index (χ2v) is 5.71.